The number of aromatic nitrogens is 2. The number of halogens is 1. The van der Waals surface area contributed by atoms with E-state index in [9.17, 15) is 0 Å². The van der Waals surface area contributed by atoms with Gasteiger partial charge in [0, 0.05) is 26.6 Å². The molecule has 0 fully saturated rings. The zero-order valence-corrected chi connectivity index (χ0v) is 10.1. The minimum Gasteiger partial charge on any atom is -0.369 e. The van der Waals surface area contributed by atoms with Crippen LogP contribution in [0.1, 0.15) is 9.75 Å². The van der Waals surface area contributed by atoms with E-state index in [1.165, 1.54) is 9.75 Å². The molecule has 3 nitrogen and oxygen atoms in total. The van der Waals surface area contributed by atoms with E-state index in [0.29, 0.717) is 5.95 Å². The Balaban J connectivity index is 2.23. The Labute approximate surface area is 94.7 Å². The summed E-state index contributed by atoms with van der Waals surface area (Å²) in [6, 6.07) is 2.12. The highest BCUT2D eigenvalue weighted by Crippen LogP contribution is 2.27. The van der Waals surface area contributed by atoms with Crippen molar-refractivity contribution in [3.63, 3.8) is 0 Å². The summed E-state index contributed by atoms with van der Waals surface area (Å²) in [7, 11) is 0. The lowest BCUT2D eigenvalue weighted by Gasteiger charge is -2.00. The number of hydrogen-bond acceptors (Lipinski definition) is 3. The van der Waals surface area contributed by atoms with Crippen molar-refractivity contribution in [3.05, 3.63) is 32.7 Å². The van der Waals surface area contributed by atoms with Crippen molar-refractivity contribution in [2.75, 3.05) is 5.73 Å². The van der Waals surface area contributed by atoms with E-state index < -0.39 is 0 Å². The number of thiophene rings is 1. The average molecular weight is 272 g/mol. The SMILES string of the molecule is Cc1sc(Cn2ccnc2N)cc1Br. The van der Waals surface area contributed by atoms with Gasteiger partial charge in [0.2, 0.25) is 0 Å². The van der Waals surface area contributed by atoms with Gasteiger partial charge < -0.3 is 10.3 Å². The molecule has 74 valence electrons. The molecule has 0 radical (unpaired) electrons. The van der Waals surface area contributed by atoms with Gasteiger partial charge in [-0.25, -0.2) is 4.98 Å². The molecule has 0 unspecified atom stereocenters. The molecule has 0 aromatic carbocycles. The number of nitrogens with zero attached hydrogens (tertiary/aromatic N) is 2. The van der Waals surface area contributed by atoms with E-state index in [1.54, 1.807) is 17.5 Å². The van der Waals surface area contributed by atoms with Gasteiger partial charge in [0.05, 0.1) is 6.54 Å². The summed E-state index contributed by atoms with van der Waals surface area (Å²) in [5, 5.41) is 0. The van der Waals surface area contributed by atoms with Crippen LogP contribution in [0.4, 0.5) is 5.95 Å². The van der Waals surface area contributed by atoms with Crippen LogP contribution in [0, 0.1) is 6.92 Å². The van der Waals surface area contributed by atoms with Gasteiger partial charge in [-0.2, -0.15) is 0 Å². The molecule has 2 N–H and O–H groups in total. The van der Waals surface area contributed by atoms with E-state index in [4.69, 9.17) is 5.73 Å². The predicted octanol–water partition coefficient (Wildman–Crippen LogP) is 2.65. The first-order chi connectivity index (χ1) is 6.66. The standard InChI is InChI=1S/C9H10BrN3S/c1-6-8(10)4-7(14-6)5-13-3-2-12-9(13)11/h2-4H,5H2,1H3,(H2,11,12). The third kappa shape index (κ3) is 1.83. The molecular formula is C9H10BrN3S. The molecule has 2 heterocycles. The Hall–Kier alpha value is -0.810. The number of nitrogens with two attached hydrogens (primary N) is 1. The van der Waals surface area contributed by atoms with Crippen LogP contribution in [0.15, 0.2) is 22.9 Å². The van der Waals surface area contributed by atoms with E-state index in [2.05, 4.69) is 33.9 Å². The fourth-order valence-electron chi connectivity index (χ4n) is 1.24. The zero-order chi connectivity index (χ0) is 10.1. The van der Waals surface area contributed by atoms with Crippen LogP contribution in [0.25, 0.3) is 0 Å². The van der Waals surface area contributed by atoms with Gasteiger partial charge in [-0.3, -0.25) is 0 Å². The molecule has 5 heteroatoms. The molecule has 2 aromatic rings. The monoisotopic (exact) mass is 271 g/mol. The molecular weight excluding hydrogens is 262 g/mol. The van der Waals surface area contributed by atoms with Gasteiger partial charge in [-0.1, -0.05) is 0 Å². The molecule has 0 aliphatic rings. The third-order valence-electron chi connectivity index (χ3n) is 1.98. The first-order valence-corrected chi connectivity index (χ1v) is 5.79. The van der Waals surface area contributed by atoms with Crippen molar-refractivity contribution in [1.82, 2.24) is 9.55 Å². The maximum Gasteiger partial charge on any atom is 0.200 e. The van der Waals surface area contributed by atoms with Crippen molar-refractivity contribution < 1.29 is 0 Å². The molecule has 2 aromatic heterocycles. The number of imidazole rings is 1. The summed E-state index contributed by atoms with van der Waals surface area (Å²) in [4.78, 5) is 6.54. The lowest BCUT2D eigenvalue weighted by Crippen LogP contribution is -2.02. The highest BCUT2D eigenvalue weighted by atomic mass is 79.9. The molecule has 14 heavy (non-hydrogen) atoms. The largest absolute Gasteiger partial charge is 0.369 e. The number of rotatable bonds is 2. The Morgan fingerprint density at radius 3 is 2.93 bits per heavy atom. The van der Waals surface area contributed by atoms with Crippen LogP contribution < -0.4 is 5.73 Å². The second kappa shape index (κ2) is 3.74. The number of aryl methyl sites for hydroxylation is 1. The van der Waals surface area contributed by atoms with Crippen LogP contribution in [-0.2, 0) is 6.54 Å². The Bertz CT molecular complexity index is 427. The van der Waals surface area contributed by atoms with Gasteiger partial charge in [0.15, 0.2) is 5.95 Å². The zero-order valence-electron chi connectivity index (χ0n) is 7.70. The van der Waals surface area contributed by atoms with Crippen molar-refractivity contribution in [3.8, 4) is 0 Å². The van der Waals surface area contributed by atoms with Gasteiger partial charge in [-0.05, 0) is 28.9 Å². The molecule has 2 rings (SSSR count). The Morgan fingerprint density at radius 2 is 2.43 bits per heavy atom. The summed E-state index contributed by atoms with van der Waals surface area (Å²) in [5.74, 6) is 0.562. The topological polar surface area (TPSA) is 43.8 Å². The van der Waals surface area contributed by atoms with Gasteiger partial charge in [-0.15, -0.1) is 11.3 Å². The van der Waals surface area contributed by atoms with Gasteiger partial charge in [0.1, 0.15) is 0 Å². The Kier molecular flexibility index (Phi) is 2.60. The first kappa shape index (κ1) is 9.73. The van der Waals surface area contributed by atoms with Crippen molar-refractivity contribution >= 4 is 33.2 Å². The Morgan fingerprint density at radius 1 is 1.64 bits per heavy atom. The summed E-state index contributed by atoms with van der Waals surface area (Å²) >= 11 is 5.26. The van der Waals surface area contributed by atoms with Gasteiger partial charge >= 0.3 is 0 Å². The number of nitrogen functional groups attached to an aromatic ring is 1. The van der Waals surface area contributed by atoms with Crippen LogP contribution in [0.2, 0.25) is 0 Å². The normalized spacial score (nSPS) is 10.7. The van der Waals surface area contributed by atoms with Gasteiger partial charge in [0.25, 0.3) is 0 Å². The summed E-state index contributed by atoms with van der Waals surface area (Å²) in [5.41, 5.74) is 5.68. The van der Waals surface area contributed by atoms with E-state index in [1.807, 2.05) is 10.8 Å². The smallest absolute Gasteiger partial charge is 0.200 e. The average Bonchev–Trinajstić information content (AvgIpc) is 2.63. The lowest BCUT2D eigenvalue weighted by atomic mass is 10.4. The minimum atomic E-state index is 0.562. The van der Waals surface area contributed by atoms with Crippen LogP contribution in [-0.4, -0.2) is 9.55 Å². The van der Waals surface area contributed by atoms with Crippen molar-refractivity contribution in [1.29, 1.82) is 0 Å². The molecule has 0 amide bonds. The van der Waals surface area contributed by atoms with Crippen LogP contribution >= 0.6 is 27.3 Å². The minimum absolute atomic E-state index is 0.562. The molecule has 0 aliphatic carbocycles. The van der Waals surface area contributed by atoms with Crippen molar-refractivity contribution in [2.24, 2.45) is 0 Å². The van der Waals surface area contributed by atoms with Crippen LogP contribution in [0.3, 0.4) is 0 Å². The fourth-order valence-corrected chi connectivity index (χ4v) is 2.84. The highest BCUT2D eigenvalue weighted by Gasteiger charge is 2.04. The third-order valence-corrected chi connectivity index (χ3v) is 4.10. The molecule has 0 spiro atoms. The number of anilines is 1. The lowest BCUT2D eigenvalue weighted by molar-refractivity contribution is 0.824. The second-order valence-electron chi connectivity index (χ2n) is 3.03. The first-order valence-electron chi connectivity index (χ1n) is 4.18. The molecule has 0 saturated heterocycles. The van der Waals surface area contributed by atoms with E-state index in [-0.39, 0.29) is 0 Å². The molecule has 0 atom stereocenters. The maximum atomic E-state index is 5.68. The highest BCUT2D eigenvalue weighted by molar-refractivity contribution is 9.10. The molecule has 0 aliphatic heterocycles. The second-order valence-corrected chi connectivity index (χ2v) is 5.23. The molecule has 0 saturated carbocycles. The number of hydrogen-bond donors (Lipinski definition) is 1. The summed E-state index contributed by atoms with van der Waals surface area (Å²) in [6.07, 6.45) is 3.60. The van der Waals surface area contributed by atoms with E-state index in [0.717, 1.165) is 11.0 Å². The van der Waals surface area contributed by atoms with Crippen molar-refractivity contribution in [2.45, 2.75) is 13.5 Å². The molecule has 0 bridgehead atoms. The maximum absolute atomic E-state index is 5.68. The van der Waals surface area contributed by atoms with Crippen LogP contribution in [0.5, 0.6) is 0 Å². The summed E-state index contributed by atoms with van der Waals surface area (Å²) < 4.78 is 3.09. The van der Waals surface area contributed by atoms with E-state index >= 15 is 0 Å². The fraction of sp³-hybridized carbons (Fsp3) is 0.222. The predicted molar refractivity (Wildman–Crippen MR) is 62.5 cm³/mol. The summed E-state index contributed by atoms with van der Waals surface area (Å²) in [6.45, 7) is 2.89. The quantitative estimate of drug-likeness (QED) is 0.913.